The van der Waals surface area contributed by atoms with Gasteiger partial charge >= 0.3 is 12.0 Å². The van der Waals surface area contributed by atoms with E-state index in [1.807, 2.05) is 0 Å². The number of benzene rings is 1. The number of nitrogens with one attached hydrogen (secondary N) is 2. The maximum atomic E-state index is 12.6. The minimum absolute atomic E-state index is 0.284. The summed E-state index contributed by atoms with van der Waals surface area (Å²) in [5.41, 5.74) is 0.393. The van der Waals surface area contributed by atoms with Crippen LogP contribution < -0.4 is 10.6 Å². The van der Waals surface area contributed by atoms with Crippen LogP contribution in [0.2, 0.25) is 0 Å². The molecule has 6 heteroatoms. The van der Waals surface area contributed by atoms with Crippen molar-refractivity contribution in [3.8, 4) is 0 Å². The maximum absolute atomic E-state index is 12.6. The molecule has 0 radical (unpaired) electrons. The average molecular weight is 240 g/mol. The number of hydrogen-bond donors (Lipinski definition) is 3. The molecule has 0 saturated heterocycles. The summed E-state index contributed by atoms with van der Waals surface area (Å²) < 4.78 is 12.6. The van der Waals surface area contributed by atoms with E-state index >= 15 is 0 Å². The molecule has 0 aliphatic heterocycles. The Morgan fingerprint density at radius 3 is 2.41 bits per heavy atom. The summed E-state index contributed by atoms with van der Waals surface area (Å²) in [6.45, 7) is 1.65. The summed E-state index contributed by atoms with van der Waals surface area (Å²) >= 11 is 0. The van der Waals surface area contributed by atoms with Crippen LogP contribution >= 0.6 is 0 Å². The van der Waals surface area contributed by atoms with E-state index in [-0.39, 0.29) is 6.42 Å². The third-order valence-corrected chi connectivity index (χ3v) is 2.11. The number of amides is 2. The molecular formula is C11H13FN2O3. The number of carbonyl (C=O) groups excluding carboxylic acids is 1. The molecule has 0 unspecified atom stereocenters. The highest BCUT2D eigenvalue weighted by Gasteiger charge is 2.17. The topological polar surface area (TPSA) is 78.4 Å². The third-order valence-electron chi connectivity index (χ3n) is 2.11. The van der Waals surface area contributed by atoms with E-state index in [0.29, 0.717) is 5.69 Å². The number of hydrogen-bond acceptors (Lipinski definition) is 2. The molecule has 92 valence electrons. The van der Waals surface area contributed by atoms with Gasteiger partial charge in [-0.2, -0.15) is 0 Å². The van der Waals surface area contributed by atoms with Gasteiger partial charge in [0.25, 0.3) is 0 Å². The second kappa shape index (κ2) is 5.83. The number of aliphatic carboxylic acids is 1. The average Bonchev–Trinajstić information content (AvgIpc) is 2.28. The number of urea groups is 1. The second-order valence-corrected chi connectivity index (χ2v) is 3.40. The minimum atomic E-state index is -1.10. The molecule has 1 aromatic rings. The van der Waals surface area contributed by atoms with Crippen molar-refractivity contribution in [1.82, 2.24) is 5.32 Å². The number of carbonyl (C=O) groups is 2. The van der Waals surface area contributed by atoms with Gasteiger partial charge in [-0.15, -0.1) is 0 Å². The predicted octanol–water partition coefficient (Wildman–Crippen LogP) is 1.81. The summed E-state index contributed by atoms with van der Waals surface area (Å²) in [4.78, 5) is 22.1. The molecular weight excluding hydrogens is 227 g/mol. The van der Waals surface area contributed by atoms with Crippen LogP contribution in [-0.2, 0) is 4.79 Å². The number of carboxylic acids is 1. The highest BCUT2D eigenvalue weighted by molar-refractivity contribution is 5.92. The van der Waals surface area contributed by atoms with Gasteiger partial charge in [0.15, 0.2) is 0 Å². The first kappa shape index (κ1) is 13.0. The second-order valence-electron chi connectivity index (χ2n) is 3.40. The van der Waals surface area contributed by atoms with Crippen LogP contribution in [-0.4, -0.2) is 23.1 Å². The van der Waals surface area contributed by atoms with Crippen LogP contribution in [0.3, 0.4) is 0 Å². The lowest BCUT2D eigenvalue weighted by Gasteiger charge is -2.13. The third kappa shape index (κ3) is 4.10. The normalized spacial score (nSPS) is 11.6. The van der Waals surface area contributed by atoms with E-state index in [9.17, 15) is 14.0 Å². The van der Waals surface area contributed by atoms with Crippen LogP contribution in [0, 0.1) is 5.82 Å². The van der Waals surface area contributed by atoms with Gasteiger partial charge < -0.3 is 15.7 Å². The number of rotatable bonds is 4. The first-order valence-corrected chi connectivity index (χ1v) is 5.08. The molecule has 0 aliphatic carbocycles. The van der Waals surface area contributed by atoms with Gasteiger partial charge in [-0.3, -0.25) is 0 Å². The van der Waals surface area contributed by atoms with E-state index in [0.717, 1.165) is 0 Å². The van der Waals surface area contributed by atoms with Crippen molar-refractivity contribution in [3.05, 3.63) is 30.1 Å². The standard InChI is InChI=1S/C11H13FN2O3/c1-2-9(10(15)16)14-11(17)13-8-5-3-7(12)4-6-8/h3-6,9H,2H2,1H3,(H,15,16)(H2,13,14,17)/t9-/m0/s1. The van der Waals surface area contributed by atoms with Gasteiger partial charge in [0.1, 0.15) is 11.9 Å². The lowest BCUT2D eigenvalue weighted by Crippen LogP contribution is -2.42. The Labute approximate surface area is 97.6 Å². The summed E-state index contributed by atoms with van der Waals surface area (Å²) in [6, 6.07) is 3.60. The van der Waals surface area contributed by atoms with E-state index in [2.05, 4.69) is 10.6 Å². The Bertz CT molecular complexity index is 406. The molecule has 1 rings (SSSR count). The summed E-state index contributed by atoms with van der Waals surface area (Å²) in [6.07, 6.45) is 0.284. The smallest absolute Gasteiger partial charge is 0.326 e. The molecule has 0 heterocycles. The lowest BCUT2D eigenvalue weighted by atomic mass is 10.2. The van der Waals surface area contributed by atoms with Crippen LogP contribution in [0.1, 0.15) is 13.3 Å². The molecule has 17 heavy (non-hydrogen) atoms. The molecule has 1 atom stereocenters. The Kier molecular flexibility index (Phi) is 4.45. The van der Waals surface area contributed by atoms with Crippen LogP contribution in [0.5, 0.6) is 0 Å². The number of carboxylic acid groups (broad SMARTS) is 1. The molecule has 5 nitrogen and oxygen atoms in total. The van der Waals surface area contributed by atoms with E-state index in [1.165, 1.54) is 24.3 Å². The van der Waals surface area contributed by atoms with Crippen molar-refractivity contribution >= 4 is 17.7 Å². The highest BCUT2D eigenvalue weighted by atomic mass is 19.1. The summed E-state index contributed by atoms with van der Waals surface area (Å²) in [5.74, 6) is -1.50. The Hall–Kier alpha value is -2.11. The van der Waals surface area contributed by atoms with Crippen molar-refractivity contribution in [2.24, 2.45) is 0 Å². The van der Waals surface area contributed by atoms with Gasteiger partial charge in [0.2, 0.25) is 0 Å². The zero-order valence-corrected chi connectivity index (χ0v) is 9.24. The van der Waals surface area contributed by atoms with Gasteiger partial charge in [-0.25, -0.2) is 14.0 Å². The molecule has 3 N–H and O–H groups in total. The van der Waals surface area contributed by atoms with Gasteiger partial charge in [-0.05, 0) is 30.7 Å². The Balaban J connectivity index is 2.54. The molecule has 0 bridgehead atoms. The zero-order valence-electron chi connectivity index (χ0n) is 9.24. The molecule has 0 fully saturated rings. The quantitative estimate of drug-likeness (QED) is 0.751. The SMILES string of the molecule is CC[C@H](NC(=O)Nc1ccc(F)cc1)C(=O)O. The van der Waals surface area contributed by atoms with E-state index in [1.54, 1.807) is 6.92 Å². The van der Waals surface area contributed by atoms with Crippen molar-refractivity contribution < 1.29 is 19.1 Å². The van der Waals surface area contributed by atoms with Crippen molar-refractivity contribution in [2.75, 3.05) is 5.32 Å². The molecule has 0 saturated carbocycles. The van der Waals surface area contributed by atoms with Crippen molar-refractivity contribution in [2.45, 2.75) is 19.4 Å². The predicted molar refractivity (Wildman–Crippen MR) is 60.3 cm³/mol. The van der Waals surface area contributed by atoms with Gasteiger partial charge in [0.05, 0.1) is 0 Å². The fraction of sp³-hybridized carbons (Fsp3) is 0.273. The Morgan fingerprint density at radius 1 is 1.35 bits per heavy atom. The fourth-order valence-corrected chi connectivity index (χ4v) is 1.20. The van der Waals surface area contributed by atoms with Crippen LogP contribution in [0.25, 0.3) is 0 Å². The molecule has 1 aromatic carbocycles. The largest absolute Gasteiger partial charge is 0.480 e. The summed E-state index contributed by atoms with van der Waals surface area (Å²) in [7, 11) is 0. The minimum Gasteiger partial charge on any atom is -0.480 e. The number of halogens is 1. The van der Waals surface area contributed by atoms with E-state index in [4.69, 9.17) is 5.11 Å². The van der Waals surface area contributed by atoms with Gasteiger partial charge in [0, 0.05) is 5.69 Å². The maximum Gasteiger partial charge on any atom is 0.326 e. The molecule has 0 aromatic heterocycles. The van der Waals surface area contributed by atoms with Crippen molar-refractivity contribution in [3.63, 3.8) is 0 Å². The Morgan fingerprint density at radius 2 is 1.94 bits per heavy atom. The summed E-state index contributed by atoms with van der Waals surface area (Å²) in [5, 5.41) is 13.4. The lowest BCUT2D eigenvalue weighted by molar-refractivity contribution is -0.139. The monoisotopic (exact) mass is 240 g/mol. The van der Waals surface area contributed by atoms with Crippen LogP contribution in [0.15, 0.2) is 24.3 Å². The number of anilines is 1. The zero-order chi connectivity index (χ0) is 12.8. The molecule has 2 amide bonds. The molecule has 0 aliphatic rings. The molecule has 0 spiro atoms. The van der Waals surface area contributed by atoms with Crippen LogP contribution in [0.4, 0.5) is 14.9 Å². The van der Waals surface area contributed by atoms with Crippen molar-refractivity contribution in [1.29, 1.82) is 0 Å². The van der Waals surface area contributed by atoms with E-state index < -0.39 is 23.9 Å². The first-order chi connectivity index (χ1) is 8.02. The highest BCUT2D eigenvalue weighted by Crippen LogP contribution is 2.07. The first-order valence-electron chi connectivity index (χ1n) is 5.08. The van der Waals surface area contributed by atoms with Gasteiger partial charge in [-0.1, -0.05) is 6.92 Å². The fourth-order valence-electron chi connectivity index (χ4n) is 1.20.